The van der Waals surface area contributed by atoms with E-state index in [4.69, 9.17) is 15.0 Å². The summed E-state index contributed by atoms with van der Waals surface area (Å²) in [4.78, 5) is 15.3. The molecule has 0 bridgehead atoms. The number of hydrogen-bond acceptors (Lipinski definition) is 6. The molecule has 0 aliphatic rings. The number of aromatic nitrogens is 2. The lowest BCUT2D eigenvalue weighted by Crippen LogP contribution is -2.16. The van der Waals surface area contributed by atoms with Crippen LogP contribution in [0.15, 0.2) is 53.2 Å². The number of hydrogen-bond donors (Lipinski definition) is 1. The average Bonchev–Trinajstić information content (AvgIpc) is 3.09. The molecule has 0 spiro atoms. The number of esters is 1. The Morgan fingerprint density at radius 2 is 2.04 bits per heavy atom. The van der Waals surface area contributed by atoms with Gasteiger partial charge in [0, 0.05) is 23.4 Å². The van der Waals surface area contributed by atoms with Crippen molar-refractivity contribution in [2.75, 3.05) is 6.54 Å². The van der Waals surface area contributed by atoms with Crippen LogP contribution in [0, 0.1) is 5.82 Å². The Morgan fingerprint density at radius 1 is 1.21 bits per heavy atom. The lowest BCUT2D eigenvalue weighted by atomic mass is 10.1. The zero-order valence-electron chi connectivity index (χ0n) is 12.6. The lowest BCUT2D eigenvalue weighted by molar-refractivity contribution is -0.143. The van der Waals surface area contributed by atoms with E-state index in [1.807, 2.05) is 0 Å². The molecule has 2 aromatic heterocycles. The Labute approximate surface area is 137 Å². The topological polar surface area (TPSA) is 91.2 Å². The zero-order valence-corrected chi connectivity index (χ0v) is 12.6. The summed E-state index contributed by atoms with van der Waals surface area (Å²) in [6, 6.07) is 11.6. The van der Waals surface area contributed by atoms with Crippen molar-refractivity contribution in [2.24, 2.45) is 5.73 Å². The molecule has 0 aliphatic heterocycles. The smallest absolute Gasteiger partial charge is 0.320 e. The second-order valence-electron chi connectivity index (χ2n) is 4.96. The van der Waals surface area contributed by atoms with Crippen molar-refractivity contribution in [3.63, 3.8) is 0 Å². The minimum atomic E-state index is -0.527. The fraction of sp³-hybridized carbons (Fsp3) is 0.118. The largest absolute Gasteiger partial charge is 0.456 e. The third kappa shape index (κ3) is 3.47. The van der Waals surface area contributed by atoms with E-state index >= 15 is 0 Å². The Morgan fingerprint density at radius 3 is 2.75 bits per heavy atom. The average molecular weight is 327 g/mol. The van der Waals surface area contributed by atoms with E-state index < -0.39 is 5.97 Å². The van der Waals surface area contributed by atoms with Crippen LogP contribution in [0.2, 0.25) is 0 Å². The molecule has 7 heteroatoms. The first-order valence-electron chi connectivity index (χ1n) is 7.20. The number of rotatable bonds is 5. The number of pyridine rings is 1. The Bertz CT molecular complexity index is 846. The highest BCUT2D eigenvalue weighted by Gasteiger charge is 2.11. The maximum Gasteiger partial charge on any atom is 0.320 e. The first-order chi connectivity index (χ1) is 11.7. The molecule has 122 valence electrons. The van der Waals surface area contributed by atoms with Gasteiger partial charge in [0.2, 0.25) is 0 Å². The fourth-order valence-corrected chi connectivity index (χ4v) is 2.11. The van der Waals surface area contributed by atoms with Crippen molar-refractivity contribution < 1.29 is 18.4 Å². The molecule has 3 aromatic rings. The maximum atomic E-state index is 13.8. The summed E-state index contributed by atoms with van der Waals surface area (Å²) in [6.07, 6.45) is 1.57. The third-order valence-corrected chi connectivity index (χ3v) is 3.31. The molecule has 3 rings (SSSR count). The van der Waals surface area contributed by atoms with Crippen molar-refractivity contribution in [1.29, 1.82) is 0 Å². The van der Waals surface area contributed by atoms with Gasteiger partial charge in [-0.2, -0.15) is 0 Å². The van der Waals surface area contributed by atoms with E-state index in [1.165, 1.54) is 6.07 Å². The predicted molar refractivity (Wildman–Crippen MR) is 84.0 cm³/mol. The van der Waals surface area contributed by atoms with Gasteiger partial charge in [0.1, 0.15) is 11.5 Å². The minimum absolute atomic E-state index is 0.0453. The van der Waals surface area contributed by atoms with Gasteiger partial charge in [0.05, 0.1) is 12.2 Å². The summed E-state index contributed by atoms with van der Waals surface area (Å²) >= 11 is 0. The lowest BCUT2D eigenvalue weighted by Gasteiger charge is -2.03. The molecular formula is C17H14FN3O3. The molecule has 2 heterocycles. The second kappa shape index (κ2) is 7.01. The van der Waals surface area contributed by atoms with Crippen molar-refractivity contribution in [3.8, 4) is 22.5 Å². The van der Waals surface area contributed by atoms with Crippen molar-refractivity contribution in [2.45, 2.75) is 6.61 Å². The molecule has 6 nitrogen and oxygen atoms in total. The van der Waals surface area contributed by atoms with Crippen LogP contribution in [-0.2, 0) is 16.1 Å². The highest BCUT2D eigenvalue weighted by molar-refractivity contribution is 5.71. The van der Waals surface area contributed by atoms with Crippen LogP contribution in [0.4, 0.5) is 4.39 Å². The highest BCUT2D eigenvalue weighted by atomic mass is 19.1. The number of carbonyl (C=O) groups is 1. The molecule has 0 radical (unpaired) electrons. The number of ether oxygens (including phenoxy) is 1. The standard InChI is InChI=1S/C17H14FN3O3/c18-14-4-2-1-3-13(14)11-5-6-15(20-9-11)16-7-12(24-21-16)10-23-17(22)8-19/h1-7,9H,8,10,19H2. The van der Waals surface area contributed by atoms with Gasteiger partial charge in [0.15, 0.2) is 12.4 Å². The SMILES string of the molecule is NCC(=O)OCc1cc(-c2ccc(-c3ccccc3F)cn2)no1. The van der Waals surface area contributed by atoms with Gasteiger partial charge in [-0.05, 0) is 12.1 Å². The van der Waals surface area contributed by atoms with Crippen molar-refractivity contribution >= 4 is 5.97 Å². The number of nitrogens with zero attached hydrogens (tertiary/aromatic N) is 2. The molecule has 2 N–H and O–H groups in total. The highest BCUT2D eigenvalue weighted by Crippen LogP contribution is 2.24. The summed E-state index contributed by atoms with van der Waals surface area (Å²) in [5.74, 6) is -0.454. The van der Waals surface area contributed by atoms with Crippen molar-refractivity contribution in [1.82, 2.24) is 10.1 Å². The maximum absolute atomic E-state index is 13.8. The van der Waals surface area contributed by atoms with E-state index in [1.54, 1.807) is 42.6 Å². The van der Waals surface area contributed by atoms with Gasteiger partial charge in [-0.1, -0.05) is 29.4 Å². The molecular weight excluding hydrogens is 313 g/mol. The molecule has 0 unspecified atom stereocenters. The summed E-state index contributed by atoms with van der Waals surface area (Å²) in [7, 11) is 0. The van der Waals surface area contributed by atoms with Crippen LogP contribution in [0.25, 0.3) is 22.5 Å². The minimum Gasteiger partial charge on any atom is -0.456 e. The summed E-state index contributed by atoms with van der Waals surface area (Å²) in [5, 5.41) is 3.88. The van der Waals surface area contributed by atoms with E-state index in [2.05, 4.69) is 10.1 Å². The normalized spacial score (nSPS) is 10.6. The monoisotopic (exact) mass is 327 g/mol. The predicted octanol–water partition coefficient (Wildman–Crippen LogP) is 2.54. The molecule has 24 heavy (non-hydrogen) atoms. The Balaban J connectivity index is 1.75. The Kier molecular flexibility index (Phi) is 4.62. The first kappa shape index (κ1) is 15.8. The van der Waals surface area contributed by atoms with E-state index in [9.17, 15) is 9.18 Å². The molecule has 0 amide bonds. The number of benzene rings is 1. The van der Waals surface area contributed by atoms with E-state index in [-0.39, 0.29) is 19.0 Å². The third-order valence-electron chi connectivity index (χ3n) is 3.31. The van der Waals surface area contributed by atoms with E-state index in [0.29, 0.717) is 28.3 Å². The summed E-state index contributed by atoms with van der Waals surface area (Å²) in [6.45, 7) is -0.240. The molecule has 1 aromatic carbocycles. The van der Waals surface area contributed by atoms with Crippen LogP contribution in [0.5, 0.6) is 0 Å². The van der Waals surface area contributed by atoms with E-state index in [0.717, 1.165) is 0 Å². The Hall–Kier alpha value is -3.06. The number of halogens is 1. The number of nitrogens with two attached hydrogens (primary N) is 1. The molecule has 0 saturated heterocycles. The second-order valence-corrected chi connectivity index (χ2v) is 4.96. The van der Waals surface area contributed by atoms with Gasteiger partial charge in [-0.3, -0.25) is 9.78 Å². The fourth-order valence-electron chi connectivity index (χ4n) is 2.11. The van der Waals surface area contributed by atoms with Crippen LogP contribution in [0.1, 0.15) is 5.76 Å². The van der Waals surface area contributed by atoms with Gasteiger partial charge in [-0.15, -0.1) is 0 Å². The quantitative estimate of drug-likeness (QED) is 0.724. The van der Waals surface area contributed by atoms with Crippen LogP contribution >= 0.6 is 0 Å². The zero-order chi connectivity index (χ0) is 16.9. The summed E-state index contributed by atoms with van der Waals surface area (Å²) in [5.41, 5.74) is 7.35. The van der Waals surface area contributed by atoms with Crippen LogP contribution < -0.4 is 5.73 Å². The van der Waals surface area contributed by atoms with Gasteiger partial charge < -0.3 is 15.0 Å². The van der Waals surface area contributed by atoms with Gasteiger partial charge >= 0.3 is 5.97 Å². The first-order valence-corrected chi connectivity index (χ1v) is 7.20. The molecule has 0 fully saturated rings. The van der Waals surface area contributed by atoms with Crippen molar-refractivity contribution in [3.05, 3.63) is 60.2 Å². The van der Waals surface area contributed by atoms with Gasteiger partial charge in [-0.25, -0.2) is 4.39 Å². The molecule has 0 saturated carbocycles. The molecule has 0 atom stereocenters. The summed E-state index contributed by atoms with van der Waals surface area (Å²) < 4.78 is 23.7. The van der Waals surface area contributed by atoms with Gasteiger partial charge in [0.25, 0.3) is 0 Å². The molecule has 0 aliphatic carbocycles. The van der Waals surface area contributed by atoms with Crippen LogP contribution in [-0.4, -0.2) is 22.7 Å². The number of carbonyl (C=O) groups excluding carboxylic acids is 1. The van der Waals surface area contributed by atoms with Crippen LogP contribution in [0.3, 0.4) is 0 Å².